The van der Waals surface area contributed by atoms with E-state index < -0.39 is 37.3 Å². The lowest BCUT2D eigenvalue weighted by atomic mass is 9.99. The number of hydrogen-bond acceptors (Lipinski definition) is 10. The van der Waals surface area contributed by atoms with Crippen LogP contribution in [-0.2, 0) is 4.74 Å². The predicted molar refractivity (Wildman–Crippen MR) is 111 cm³/mol. The largest absolute Gasteiger partial charge is 0.504 e. The SMILES string of the molecule is COc1ccc(-c2coc3cc(O[C@H]4O[C@H](CO)[C@@H](O)[C@H](O)[C@H]4O)ccc3c2=O)cc1O. The number of fused-ring (bicyclic) bond motifs is 1. The molecule has 0 aliphatic carbocycles. The van der Waals surface area contributed by atoms with Gasteiger partial charge in [0.2, 0.25) is 6.29 Å². The maximum atomic E-state index is 12.9. The molecule has 4 rings (SSSR count). The van der Waals surface area contributed by atoms with Gasteiger partial charge in [0.05, 0.1) is 24.7 Å². The molecule has 2 heterocycles. The van der Waals surface area contributed by atoms with E-state index in [0.29, 0.717) is 5.56 Å². The summed E-state index contributed by atoms with van der Waals surface area (Å²) in [6.45, 7) is -0.582. The zero-order valence-electron chi connectivity index (χ0n) is 16.9. The van der Waals surface area contributed by atoms with Crippen LogP contribution < -0.4 is 14.9 Å². The Kier molecular flexibility index (Phi) is 6.04. The van der Waals surface area contributed by atoms with Crippen LogP contribution >= 0.6 is 0 Å². The van der Waals surface area contributed by atoms with Crippen molar-refractivity contribution in [2.75, 3.05) is 13.7 Å². The average Bonchev–Trinajstić information content (AvgIpc) is 2.79. The molecular weight excluding hydrogens is 424 g/mol. The van der Waals surface area contributed by atoms with Crippen molar-refractivity contribution in [3.63, 3.8) is 0 Å². The summed E-state index contributed by atoms with van der Waals surface area (Å²) < 4.78 is 21.5. The number of phenols is 1. The molecular formula is C22H22O10. The Hall–Kier alpha value is -3.15. The van der Waals surface area contributed by atoms with Crippen LogP contribution in [0.15, 0.2) is 51.9 Å². The minimum Gasteiger partial charge on any atom is -0.504 e. The van der Waals surface area contributed by atoms with Gasteiger partial charge in [0.1, 0.15) is 42.0 Å². The molecule has 10 nitrogen and oxygen atoms in total. The first-order valence-electron chi connectivity index (χ1n) is 9.74. The Labute approximate surface area is 181 Å². The number of phenolic OH excluding ortho intramolecular Hbond substituents is 1. The maximum absolute atomic E-state index is 12.9. The molecule has 0 spiro atoms. The van der Waals surface area contributed by atoms with Crippen molar-refractivity contribution in [3.8, 4) is 28.4 Å². The first-order valence-corrected chi connectivity index (χ1v) is 9.74. The Morgan fingerprint density at radius 3 is 2.50 bits per heavy atom. The van der Waals surface area contributed by atoms with E-state index in [1.807, 2.05) is 0 Å². The van der Waals surface area contributed by atoms with Crippen LogP contribution in [0.25, 0.3) is 22.1 Å². The Balaban J connectivity index is 1.62. The van der Waals surface area contributed by atoms with Crippen molar-refractivity contribution >= 4 is 11.0 Å². The molecule has 1 saturated heterocycles. The van der Waals surface area contributed by atoms with Crippen LogP contribution in [0.1, 0.15) is 0 Å². The Bertz CT molecular complexity index is 1170. The lowest BCUT2D eigenvalue weighted by Gasteiger charge is -2.39. The van der Waals surface area contributed by atoms with E-state index >= 15 is 0 Å². The van der Waals surface area contributed by atoms with Crippen molar-refractivity contribution in [2.24, 2.45) is 0 Å². The quantitative estimate of drug-likeness (QED) is 0.370. The summed E-state index contributed by atoms with van der Waals surface area (Å²) in [5.74, 6) is 0.321. The highest BCUT2D eigenvalue weighted by molar-refractivity contribution is 5.83. The topological polar surface area (TPSA) is 159 Å². The highest BCUT2D eigenvalue weighted by atomic mass is 16.7. The zero-order chi connectivity index (χ0) is 23.0. The second kappa shape index (κ2) is 8.77. The third-order valence-corrected chi connectivity index (χ3v) is 5.34. The Morgan fingerprint density at radius 2 is 1.81 bits per heavy atom. The monoisotopic (exact) mass is 446 g/mol. The summed E-state index contributed by atoms with van der Waals surface area (Å²) in [6, 6.07) is 8.88. The van der Waals surface area contributed by atoms with Gasteiger partial charge in [-0.05, 0) is 29.8 Å². The van der Waals surface area contributed by atoms with Crippen molar-refractivity contribution in [3.05, 3.63) is 52.9 Å². The molecule has 1 aliphatic rings. The number of methoxy groups -OCH3 is 1. The van der Waals surface area contributed by atoms with Crippen LogP contribution in [0, 0.1) is 0 Å². The summed E-state index contributed by atoms with van der Waals surface area (Å²) in [7, 11) is 1.42. The zero-order valence-corrected chi connectivity index (χ0v) is 16.9. The van der Waals surface area contributed by atoms with Gasteiger partial charge in [-0.3, -0.25) is 4.79 Å². The normalized spacial score (nSPS) is 25.6. The van der Waals surface area contributed by atoms with Gasteiger partial charge in [0.25, 0.3) is 0 Å². The van der Waals surface area contributed by atoms with E-state index in [-0.39, 0.29) is 39.2 Å². The van der Waals surface area contributed by atoms with E-state index in [2.05, 4.69) is 0 Å². The molecule has 1 fully saturated rings. The predicted octanol–water partition coefficient (Wildman–Crippen LogP) is 0.353. The molecule has 0 bridgehead atoms. The number of aromatic hydroxyl groups is 1. The molecule has 0 radical (unpaired) electrons. The van der Waals surface area contributed by atoms with E-state index in [1.165, 1.54) is 43.7 Å². The number of hydrogen-bond donors (Lipinski definition) is 5. The molecule has 0 saturated carbocycles. The van der Waals surface area contributed by atoms with Crippen molar-refractivity contribution in [1.29, 1.82) is 0 Å². The molecule has 5 N–H and O–H groups in total. The molecule has 1 aliphatic heterocycles. The molecule has 1 aromatic heterocycles. The van der Waals surface area contributed by atoms with Crippen molar-refractivity contribution in [2.45, 2.75) is 30.7 Å². The van der Waals surface area contributed by atoms with Gasteiger partial charge in [-0.25, -0.2) is 0 Å². The first-order chi connectivity index (χ1) is 15.3. The van der Waals surface area contributed by atoms with Gasteiger partial charge in [-0.2, -0.15) is 0 Å². The van der Waals surface area contributed by atoms with Crippen LogP contribution in [-0.4, -0.2) is 70.0 Å². The van der Waals surface area contributed by atoms with Gasteiger partial charge in [0, 0.05) is 6.07 Å². The minimum atomic E-state index is -1.58. The standard InChI is InChI=1S/C22H22O10/c1-29-15-5-2-10(6-14(15)24)13-9-30-16-7-11(3-4-12(16)18(13)25)31-22-21(28)20(27)19(26)17(8-23)32-22/h2-7,9,17,19-24,26-28H,8H2,1H3/t17-,19-,20+,21-,22+/m1/s1. The van der Waals surface area contributed by atoms with Gasteiger partial charge < -0.3 is 44.2 Å². The summed E-state index contributed by atoms with van der Waals surface area (Å²) in [5, 5.41) is 49.4. The van der Waals surface area contributed by atoms with E-state index in [0.717, 1.165) is 0 Å². The second-order valence-electron chi connectivity index (χ2n) is 7.34. The second-order valence-corrected chi connectivity index (χ2v) is 7.34. The lowest BCUT2D eigenvalue weighted by Crippen LogP contribution is -2.60. The molecule has 3 aromatic rings. The number of benzene rings is 2. The molecule has 10 heteroatoms. The van der Waals surface area contributed by atoms with Crippen LogP contribution in [0.2, 0.25) is 0 Å². The fourth-order valence-electron chi connectivity index (χ4n) is 3.54. The maximum Gasteiger partial charge on any atom is 0.229 e. The van der Waals surface area contributed by atoms with Crippen LogP contribution in [0.4, 0.5) is 0 Å². The summed E-state index contributed by atoms with van der Waals surface area (Å²) >= 11 is 0. The van der Waals surface area contributed by atoms with Gasteiger partial charge >= 0.3 is 0 Å². The smallest absolute Gasteiger partial charge is 0.229 e. The highest BCUT2D eigenvalue weighted by Gasteiger charge is 2.44. The average molecular weight is 446 g/mol. The fraction of sp³-hybridized carbons (Fsp3) is 0.318. The molecule has 32 heavy (non-hydrogen) atoms. The fourth-order valence-corrected chi connectivity index (χ4v) is 3.54. The highest BCUT2D eigenvalue weighted by Crippen LogP contribution is 2.32. The molecule has 2 aromatic carbocycles. The third-order valence-electron chi connectivity index (χ3n) is 5.34. The number of ether oxygens (including phenoxy) is 3. The molecule has 170 valence electrons. The van der Waals surface area contributed by atoms with Gasteiger partial charge in [-0.1, -0.05) is 6.07 Å². The number of aliphatic hydroxyl groups is 4. The van der Waals surface area contributed by atoms with E-state index in [4.69, 9.17) is 18.6 Å². The van der Waals surface area contributed by atoms with Crippen molar-refractivity contribution in [1.82, 2.24) is 0 Å². The summed E-state index contributed by atoms with van der Waals surface area (Å²) in [5.41, 5.74) is 0.535. The van der Waals surface area contributed by atoms with Crippen molar-refractivity contribution < 1.29 is 44.2 Å². The van der Waals surface area contributed by atoms with Gasteiger partial charge in [-0.15, -0.1) is 0 Å². The lowest BCUT2D eigenvalue weighted by molar-refractivity contribution is -0.277. The van der Waals surface area contributed by atoms with E-state index in [1.54, 1.807) is 6.07 Å². The molecule has 0 amide bonds. The molecule has 5 atom stereocenters. The Morgan fingerprint density at radius 1 is 1.03 bits per heavy atom. The third kappa shape index (κ3) is 3.90. The number of aliphatic hydroxyl groups excluding tert-OH is 4. The first kappa shape index (κ1) is 22.1. The summed E-state index contributed by atoms with van der Waals surface area (Å²) in [4.78, 5) is 12.9. The van der Waals surface area contributed by atoms with Crippen LogP contribution in [0.5, 0.6) is 17.2 Å². The molecule has 0 unspecified atom stereocenters. The number of rotatable bonds is 5. The van der Waals surface area contributed by atoms with E-state index in [9.17, 15) is 30.3 Å². The van der Waals surface area contributed by atoms with Gasteiger partial charge in [0.15, 0.2) is 16.9 Å². The summed E-state index contributed by atoms with van der Waals surface area (Å²) in [6.07, 6.45) is -5.87. The van der Waals surface area contributed by atoms with Crippen LogP contribution in [0.3, 0.4) is 0 Å². The minimum absolute atomic E-state index is 0.118.